The van der Waals surface area contributed by atoms with E-state index >= 15 is 0 Å². The van der Waals surface area contributed by atoms with Crippen molar-refractivity contribution in [2.45, 2.75) is 34.1 Å². The number of aryl methyl sites for hydroxylation is 2. The minimum absolute atomic E-state index is 0.0594. The van der Waals surface area contributed by atoms with Gasteiger partial charge in [-0.25, -0.2) is 0 Å². The van der Waals surface area contributed by atoms with E-state index in [4.69, 9.17) is 4.74 Å². The zero-order valence-electron chi connectivity index (χ0n) is 9.89. The third-order valence-electron chi connectivity index (χ3n) is 2.50. The normalized spacial score (nSPS) is 10.1. The van der Waals surface area contributed by atoms with Crippen molar-refractivity contribution in [2.75, 3.05) is 6.61 Å². The minimum Gasteiger partial charge on any atom is -0.493 e. The minimum atomic E-state index is 0.0594. The first-order valence-electron chi connectivity index (χ1n) is 5.37. The van der Waals surface area contributed by atoms with E-state index in [0.29, 0.717) is 17.9 Å². The number of hydrogen-bond donors (Lipinski definition) is 0. The Kier molecular flexibility index (Phi) is 3.89. The van der Waals surface area contributed by atoms with Crippen LogP contribution < -0.4 is 4.74 Å². The predicted molar refractivity (Wildman–Crippen MR) is 61.7 cm³/mol. The Morgan fingerprint density at radius 2 is 2.00 bits per heavy atom. The Labute approximate surface area is 91.3 Å². The van der Waals surface area contributed by atoms with Crippen molar-refractivity contribution in [3.8, 4) is 5.75 Å². The Bertz CT molecular complexity index is 367. The third-order valence-corrected chi connectivity index (χ3v) is 2.50. The number of ether oxygens (including phenoxy) is 1. The first-order chi connectivity index (χ1) is 7.10. The van der Waals surface area contributed by atoms with Crippen LogP contribution in [0, 0.1) is 6.92 Å². The molecule has 0 aliphatic carbocycles. The van der Waals surface area contributed by atoms with Gasteiger partial charge < -0.3 is 4.74 Å². The smallest absolute Gasteiger partial charge is 0.163 e. The summed E-state index contributed by atoms with van der Waals surface area (Å²) in [7, 11) is 0. The Balaban J connectivity index is 3.25. The molecular formula is C13H18O2. The summed E-state index contributed by atoms with van der Waals surface area (Å²) in [6, 6.07) is 3.90. The molecule has 1 rings (SSSR count). The van der Waals surface area contributed by atoms with Crippen molar-refractivity contribution < 1.29 is 9.53 Å². The van der Waals surface area contributed by atoms with Crippen LogP contribution in [0.2, 0.25) is 0 Å². The number of carbonyl (C=O) groups excluding carboxylic acids is 1. The lowest BCUT2D eigenvalue weighted by molar-refractivity contribution is 0.101. The van der Waals surface area contributed by atoms with Crippen LogP contribution in [0.1, 0.15) is 42.3 Å². The standard InChI is InChI=1S/C13H18O2/c1-5-11-8-13(15-6-2)12(10(4)14)7-9(11)3/h7-8H,5-6H2,1-4H3. The average Bonchev–Trinajstić information content (AvgIpc) is 2.20. The molecule has 0 spiro atoms. The van der Waals surface area contributed by atoms with Gasteiger partial charge in [-0.1, -0.05) is 6.92 Å². The van der Waals surface area contributed by atoms with E-state index in [-0.39, 0.29) is 5.78 Å². The van der Waals surface area contributed by atoms with Crippen LogP contribution >= 0.6 is 0 Å². The second-order valence-corrected chi connectivity index (χ2v) is 3.62. The lowest BCUT2D eigenvalue weighted by Crippen LogP contribution is -2.03. The van der Waals surface area contributed by atoms with Gasteiger partial charge in [0.1, 0.15) is 5.75 Å². The van der Waals surface area contributed by atoms with Gasteiger partial charge in [0, 0.05) is 0 Å². The van der Waals surface area contributed by atoms with Gasteiger partial charge in [0.05, 0.1) is 12.2 Å². The molecule has 0 amide bonds. The Morgan fingerprint density at radius 3 is 2.47 bits per heavy atom. The van der Waals surface area contributed by atoms with E-state index in [0.717, 1.165) is 12.0 Å². The van der Waals surface area contributed by atoms with Crippen molar-refractivity contribution in [1.82, 2.24) is 0 Å². The van der Waals surface area contributed by atoms with E-state index < -0.39 is 0 Å². The van der Waals surface area contributed by atoms with Crippen LogP contribution in [0.15, 0.2) is 12.1 Å². The molecule has 2 heteroatoms. The molecule has 0 aliphatic rings. The summed E-state index contributed by atoms with van der Waals surface area (Å²) in [4.78, 5) is 11.4. The maximum Gasteiger partial charge on any atom is 0.163 e. The molecule has 0 bridgehead atoms. The van der Waals surface area contributed by atoms with Gasteiger partial charge >= 0.3 is 0 Å². The van der Waals surface area contributed by atoms with E-state index in [1.165, 1.54) is 5.56 Å². The number of ketones is 1. The van der Waals surface area contributed by atoms with Gasteiger partial charge in [0.25, 0.3) is 0 Å². The number of Topliss-reactive ketones (excluding diaryl/α,β-unsaturated/α-hetero) is 1. The summed E-state index contributed by atoms with van der Waals surface area (Å²) in [5.74, 6) is 0.775. The fourth-order valence-electron chi connectivity index (χ4n) is 1.66. The molecule has 0 N–H and O–H groups in total. The predicted octanol–water partition coefficient (Wildman–Crippen LogP) is 3.16. The van der Waals surface area contributed by atoms with Gasteiger partial charge in [-0.15, -0.1) is 0 Å². The van der Waals surface area contributed by atoms with Crippen molar-refractivity contribution >= 4 is 5.78 Å². The van der Waals surface area contributed by atoms with Crippen molar-refractivity contribution in [2.24, 2.45) is 0 Å². The van der Waals surface area contributed by atoms with Gasteiger partial charge in [0.15, 0.2) is 5.78 Å². The first-order valence-corrected chi connectivity index (χ1v) is 5.37. The molecule has 0 atom stereocenters. The highest BCUT2D eigenvalue weighted by Gasteiger charge is 2.10. The molecular weight excluding hydrogens is 188 g/mol. The summed E-state index contributed by atoms with van der Waals surface area (Å²) in [5.41, 5.74) is 3.08. The number of rotatable bonds is 4. The van der Waals surface area contributed by atoms with E-state index in [9.17, 15) is 4.79 Å². The van der Waals surface area contributed by atoms with E-state index in [1.54, 1.807) is 6.92 Å². The van der Waals surface area contributed by atoms with Crippen LogP contribution in [0.25, 0.3) is 0 Å². The lowest BCUT2D eigenvalue weighted by atomic mass is 10.0. The van der Waals surface area contributed by atoms with E-state index in [1.807, 2.05) is 26.0 Å². The first kappa shape index (κ1) is 11.8. The number of hydrogen-bond acceptors (Lipinski definition) is 2. The van der Waals surface area contributed by atoms with E-state index in [2.05, 4.69) is 6.92 Å². The third kappa shape index (κ3) is 2.58. The zero-order chi connectivity index (χ0) is 11.4. The molecule has 0 saturated carbocycles. The molecule has 0 radical (unpaired) electrons. The fraction of sp³-hybridized carbons (Fsp3) is 0.462. The maximum absolute atomic E-state index is 11.4. The van der Waals surface area contributed by atoms with Crippen LogP contribution in [0.3, 0.4) is 0 Å². The molecule has 15 heavy (non-hydrogen) atoms. The second-order valence-electron chi connectivity index (χ2n) is 3.62. The lowest BCUT2D eigenvalue weighted by Gasteiger charge is -2.12. The van der Waals surface area contributed by atoms with Crippen LogP contribution in [0.4, 0.5) is 0 Å². The molecule has 0 unspecified atom stereocenters. The molecule has 0 aromatic heterocycles. The number of carbonyl (C=O) groups is 1. The van der Waals surface area contributed by atoms with Crippen LogP contribution in [0.5, 0.6) is 5.75 Å². The molecule has 0 aliphatic heterocycles. The Hall–Kier alpha value is -1.31. The second kappa shape index (κ2) is 4.96. The van der Waals surface area contributed by atoms with Crippen molar-refractivity contribution in [1.29, 1.82) is 0 Å². The fourth-order valence-corrected chi connectivity index (χ4v) is 1.66. The molecule has 0 fully saturated rings. The van der Waals surface area contributed by atoms with Gasteiger partial charge in [-0.2, -0.15) is 0 Å². The summed E-state index contributed by atoms with van der Waals surface area (Å²) >= 11 is 0. The SMILES string of the molecule is CCOc1cc(CC)c(C)cc1C(C)=O. The topological polar surface area (TPSA) is 26.3 Å². The summed E-state index contributed by atoms with van der Waals surface area (Å²) in [6.45, 7) is 8.22. The Morgan fingerprint density at radius 1 is 1.33 bits per heavy atom. The summed E-state index contributed by atoms with van der Waals surface area (Å²) in [5, 5.41) is 0. The molecule has 0 saturated heterocycles. The van der Waals surface area contributed by atoms with Crippen LogP contribution in [-0.4, -0.2) is 12.4 Å². The molecule has 0 heterocycles. The molecule has 1 aromatic rings. The van der Waals surface area contributed by atoms with Crippen LogP contribution in [-0.2, 0) is 6.42 Å². The van der Waals surface area contributed by atoms with Gasteiger partial charge in [-0.05, 0) is 50.5 Å². The summed E-state index contributed by atoms with van der Waals surface area (Å²) in [6.07, 6.45) is 0.962. The highest BCUT2D eigenvalue weighted by atomic mass is 16.5. The highest BCUT2D eigenvalue weighted by Crippen LogP contribution is 2.24. The quantitative estimate of drug-likeness (QED) is 0.707. The zero-order valence-corrected chi connectivity index (χ0v) is 9.89. The monoisotopic (exact) mass is 206 g/mol. The van der Waals surface area contributed by atoms with Crippen molar-refractivity contribution in [3.63, 3.8) is 0 Å². The largest absolute Gasteiger partial charge is 0.493 e. The summed E-state index contributed by atoms with van der Waals surface area (Å²) < 4.78 is 5.47. The maximum atomic E-state index is 11.4. The molecule has 1 aromatic carbocycles. The average molecular weight is 206 g/mol. The number of benzene rings is 1. The van der Waals surface area contributed by atoms with Crippen molar-refractivity contribution in [3.05, 3.63) is 28.8 Å². The van der Waals surface area contributed by atoms with Gasteiger partial charge in [0.2, 0.25) is 0 Å². The highest BCUT2D eigenvalue weighted by molar-refractivity contribution is 5.97. The van der Waals surface area contributed by atoms with Gasteiger partial charge in [-0.3, -0.25) is 4.79 Å². The molecule has 82 valence electrons. The molecule has 2 nitrogen and oxygen atoms in total.